The average molecular weight is 296 g/mol. The van der Waals surface area contributed by atoms with Crippen molar-refractivity contribution in [3.05, 3.63) is 0 Å². The van der Waals surface area contributed by atoms with Crippen molar-refractivity contribution in [2.45, 2.75) is 91.6 Å². The molecule has 0 aromatic carbocycles. The molecule has 3 nitrogen and oxygen atoms in total. The molecule has 124 valence electrons. The number of carbonyl (C=O) groups excluding carboxylic acids is 1. The van der Waals surface area contributed by atoms with Gasteiger partial charge < -0.3 is 5.32 Å². The number of piperidine rings is 1. The highest BCUT2D eigenvalue weighted by Crippen LogP contribution is 2.27. The Morgan fingerprint density at radius 1 is 1.10 bits per heavy atom. The summed E-state index contributed by atoms with van der Waals surface area (Å²) in [6.07, 6.45) is 6.81. The van der Waals surface area contributed by atoms with E-state index >= 15 is 0 Å². The number of likely N-dealkylation sites (tertiary alicyclic amines) is 1. The summed E-state index contributed by atoms with van der Waals surface area (Å²) in [5.41, 5.74) is 0.0826. The van der Waals surface area contributed by atoms with Crippen LogP contribution in [0, 0.1) is 5.41 Å². The SMILES string of the molecule is CCCC(C(=O)NC(C)(C)CC(C)(C)C)N1CCCCC1. The van der Waals surface area contributed by atoms with Crippen LogP contribution in [0.25, 0.3) is 0 Å². The number of hydrogen-bond acceptors (Lipinski definition) is 2. The van der Waals surface area contributed by atoms with Gasteiger partial charge in [0.05, 0.1) is 6.04 Å². The van der Waals surface area contributed by atoms with Gasteiger partial charge in [-0.3, -0.25) is 9.69 Å². The zero-order valence-electron chi connectivity index (χ0n) is 15.1. The van der Waals surface area contributed by atoms with Gasteiger partial charge in [0, 0.05) is 5.54 Å². The first-order valence-corrected chi connectivity index (χ1v) is 8.71. The Bertz CT molecular complexity index is 325. The second-order valence-corrected chi connectivity index (χ2v) is 8.51. The molecular weight excluding hydrogens is 260 g/mol. The summed E-state index contributed by atoms with van der Waals surface area (Å²) < 4.78 is 0. The van der Waals surface area contributed by atoms with Crippen molar-refractivity contribution in [1.82, 2.24) is 10.2 Å². The molecular formula is C18H36N2O. The summed E-state index contributed by atoms with van der Waals surface area (Å²) in [7, 11) is 0. The predicted molar refractivity (Wildman–Crippen MR) is 90.4 cm³/mol. The van der Waals surface area contributed by atoms with Crippen molar-refractivity contribution in [2.75, 3.05) is 13.1 Å². The van der Waals surface area contributed by atoms with Crippen LogP contribution < -0.4 is 5.32 Å². The lowest BCUT2D eigenvalue weighted by atomic mass is 9.81. The van der Waals surface area contributed by atoms with Crippen LogP contribution in [0.1, 0.15) is 80.1 Å². The first-order chi connectivity index (χ1) is 9.64. The normalized spacial score (nSPS) is 19.3. The minimum Gasteiger partial charge on any atom is -0.350 e. The lowest BCUT2D eigenvalue weighted by Gasteiger charge is -2.38. The Kier molecular flexibility index (Phi) is 6.71. The van der Waals surface area contributed by atoms with E-state index in [0.29, 0.717) is 0 Å². The fourth-order valence-electron chi connectivity index (χ4n) is 3.77. The average Bonchev–Trinajstić information content (AvgIpc) is 2.33. The topological polar surface area (TPSA) is 32.3 Å². The van der Waals surface area contributed by atoms with Crippen molar-refractivity contribution in [2.24, 2.45) is 5.41 Å². The molecule has 0 bridgehead atoms. The minimum absolute atomic E-state index is 0.0644. The van der Waals surface area contributed by atoms with E-state index in [4.69, 9.17) is 0 Å². The van der Waals surface area contributed by atoms with E-state index in [2.05, 4.69) is 51.8 Å². The summed E-state index contributed by atoms with van der Waals surface area (Å²) in [5, 5.41) is 3.31. The van der Waals surface area contributed by atoms with E-state index in [1.165, 1.54) is 19.3 Å². The van der Waals surface area contributed by atoms with Gasteiger partial charge >= 0.3 is 0 Å². The van der Waals surface area contributed by atoms with E-state index in [0.717, 1.165) is 32.4 Å². The summed E-state index contributed by atoms with van der Waals surface area (Å²) in [5.74, 6) is 0.230. The van der Waals surface area contributed by atoms with Gasteiger partial charge in [-0.25, -0.2) is 0 Å². The molecule has 1 aliphatic rings. The van der Waals surface area contributed by atoms with E-state index < -0.39 is 0 Å². The molecule has 1 heterocycles. The van der Waals surface area contributed by atoms with E-state index in [1.807, 2.05) is 0 Å². The Labute approximate surface area is 131 Å². The highest BCUT2D eigenvalue weighted by Gasteiger charge is 2.32. The summed E-state index contributed by atoms with van der Waals surface area (Å²) >= 11 is 0. The maximum absolute atomic E-state index is 12.8. The Balaban J connectivity index is 2.67. The highest BCUT2D eigenvalue weighted by atomic mass is 16.2. The van der Waals surface area contributed by atoms with Gasteiger partial charge in [-0.15, -0.1) is 0 Å². The summed E-state index contributed by atoms with van der Waals surface area (Å²) in [6.45, 7) is 15.3. The third-order valence-electron chi connectivity index (χ3n) is 4.13. The quantitative estimate of drug-likeness (QED) is 0.804. The van der Waals surface area contributed by atoms with Crippen molar-refractivity contribution >= 4 is 5.91 Å². The molecule has 0 radical (unpaired) electrons. The molecule has 1 amide bonds. The Morgan fingerprint density at radius 2 is 1.67 bits per heavy atom. The smallest absolute Gasteiger partial charge is 0.237 e. The van der Waals surface area contributed by atoms with Gasteiger partial charge in [-0.1, -0.05) is 40.5 Å². The molecule has 0 saturated carbocycles. The fourth-order valence-corrected chi connectivity index (χ4v) is 3.77. The molecule has 3 heteroatoms. The molecule has 1 N–H and O–H groups in total. The standard InChI is InChI=1S/C18H36N2O/c1-7-11-15(20-12-9-8-10-13-20)16(21)19-18(5,6)14-17(2,3)4/h15H,7-14H2,1-6H3,(H,19,21). The minimum atomic E-state index is -0.142. The lowest BCUT2D eigenvalue weighted by molar-refractivity contribution is -0.129. The molecule has 1 saturated heterocycles. The zero-order chi connectivity index (χ0) is 16.1. The number of nitrogens with zero attached hydrogens (tertiary/aromatic N) is 1. The molecule has 1 unspecified atom stereocenters. The van der Waals surface area contributed by atoms with E-state index in [9.17, 15) is 4.79 Å². The monoisotopic (exact) mass is 296 g/mol. The van der Waals surface area contributed by atoms with Gasteiger partial charge in [-0.05, 0) is 58.0 Å². The molecule has 0 aromatic rings. The predicted octanol–water partition coefficient (Wildman–Crippen LogP) is 3.97. The summed E-state index contributed by atoms with van der Waals surface area (Å²) in [6, 6.07) is 0.0644. The van der Waals surface area contributed by atoms with Crippen LogP contribution in [0.4, 0.5) is 0 Å². The second kappa shape index (κ2) is 7.62. The van der Waals surface area contributed by atoms with Crippen molar-refractivity contribution in [3.63, 3.8) is 0 Å². The van der Waals surface area contributed by atoms with Gasteiger partial charge in [0.1, 0.15) is 0 Å². The molecule has 1 atom stereocenters. The second-order valence-electron chi connectivity index (χ2n) is 8.51. The van der Waals surface area contributed by atoms with Gasteiger partial charge in [0.25, 0.3) is 0 Å². The van der Waals surface area contributed by atoms with Crippen molar-refractivity contribution in [3.8, 4) is 0 Å². The highest BCUT2D eigenvalue weighted by molar-refractivity contribution is 5.82. The van der Waals surface area contributed by atoms with Crippen LogP contribution >= 0.6 is 0 Å². The van der Waals surface area contributed by atoms with Crippen LogP contribution in [-0.4, -0.2) is 35.5 Å². The lowest BCUT2D eigenvalue weighted by Crippen LogP contribution is -2.55. The van der Waals surface area contributed by atoms with Gasteiger partial charge in [-0.2, -0.15) is 0 Å². The van der Waals surface area contributed by atoms with E-state index in [1.54, 1.807) is 0 Å². The van der Waals surface area contributed by atoms with Crippen LogP contribution in [-0.2, 0) is 4.79 Å². The summed E-state index contributed by atoms with van der Waals surface area (Å²) in [4.78, 5) is 15.2. The maximum Gasteiger partial charge on any atom is 0.237 e. The molecule has 0 spiro atoms. The number of rotatable bonds is 6. The zero-order valence-corrected chi connectivity index (χ0v) is 15.1. The van der Waals surface area contributed by atoms with Crippen LogP contribution in [0.2, 0.25) is 0 Å². The number of nitrogens with one attached hydrogen (secondary N) is 1. The molecule has 1 fully saturated rings. The molecule has 1 rings (SSSR count). The Morgan fingerprint density at radius 3 is 2.14 bits per heavy atom. The van der Waals surface area contributed by atoms with Crippen molar-refractivity contribution < 1.29 is 4.79 Å². The van der Waals surface area contributed by atoms with Gasteiger partial charge in [0.15, 0.2) is 0 Å². The third kappa shape index (κ3) is 6.82. The molecule has 21 heavy (non-hydrogen) atoms. The first kappa shape index (κ1) is 18.5. The molecule has 0 aromatic heterocycles. The Hall–Kier alpha value is -0.570. The van der Waals surface area contributed by atoms with Crippen LogP contribution in [0.5, 0.6) is 0 Å². The van der Waals surface area contributed by atoms with Gasteiger partial charge in [0.2, 0.25) is 5.91 Å². The van der Waals surface area contributed by atoms with Crippen LogP contribution in [0.15, 0.2) is 0 Å². The van der Waals surface area contributed by atoms with Crippen LogP contribution in [0.3, 0.4) is 0 Å². The third-order valence-corrected chi connectivity index (χ3v) is 4.13. The number of carbonyl (C=O) groups is 1. The van der Waals surface area contributed by atoms with Crippen molar-refractivity contribution in [1.29, 1.82) is 0 Å². The molecule has 0 aliphatic carbocycles. The molecule has 1 aliphatic heterocycles. The van der Waals surface area contributed by atoms with E-state index in [-0.39, 0.29) is 22.9 Å². The fraction of sp³-hybridized carbons (Fsp3) is 0.944. The first-order valence-electron chi connectivity index (χ1n) is 8.71. The number of hydrogen-bond donors (Lipinski definition) is 1. The maximum atomic E-state index is 12.8. The number of amides is 1. The largest absolute Gasteiger partial charge is 0.350 e.